The molecule has 3 rings (SSSR count). The van der Waals surface area contributed by atoms with Crippen molar-refractivity contribution < 1.29 is 9.59 Å². The van der Waals surface area contributed by atoms with Gasteiger partial charge >= 0.3 is 0 Å². The van der Waals surface area contributed by atoms with Crippen molar-refractivity contribution >= 4 is 17.5 Å². The van der Waals surface area contributed by atoms with E-state index in [1.807, 2.05) is 12.1 Å². The Morgan fingerprint density at radius 1 is 1.08 bits per heavy atom. The first-order valence-corrected chi connectivity index (χ1v) is 7.67. The maximum absolute atomic E-state index is 12.3. The molecule has 0 atom stereocenters. The second-order valence-corrected chi connectivity index (χ2v) is 5.18. The Balaban J connectivity index is 1.59. The van der Waals surface area contributed by atoms with Gasteiger partial charge < -0.3 is 10.6 Å². The molecule has 0 saturated carbocycles. The largest absolute Gasteiger partial charge is 0.350 e. The number of hydrogen-bond donors (Lipinski definition) is 3. The molecule has 0 bridgehead atoms. The minimum Gasteiger partial charge on any atom is -0.350 e. The van der Waals surface area contributed by atoms with Crippen LogP contribution in [0, 0.1) is 0 Å². The SMILES string of the molecule is O=C(Nc1c[nH]nc1C(=O)NCCc1cccnc1)c1ccccn1. The van der Waals surface area contributed by atoms with Crippen molar-refractivity contribution in [2.75, 3.05) is 11.9 Å². The predicted octanol–water partition coefficient (Wildman–Crippen LogP) is 1.42. The van der Waals surface area contributed by atoms with Gasteiger partial charge in [-0.1, -0.05) is 12.1 Å². The predicted molar refractivity (Wildman–Crippen MR) is 91.1 cm³/mol. The lowest BCUT2D eigenvalue weighted by Gasteiger charge is -2.06. The summed E-state index contributed by atoms with van der Waals surface area (Å²) in [6, 6.07) is 8.80. The fourth-order valence-corrected chi connectivity index (χ4v) is 2.19. The third-order valence-corrected chi connectivity index (χ3v) is 3.42. The average Bonchev–Trinajstić information content (AvgIpc) is 3.11. The molecule has 3 aromatic rings. The van der Waals surface area contributed by atoms with Crippen LogP contribution in [-0.2, 0) is 6.42 Å². The number of nitrogens with zero attached hydrogens (tertiary/aromatic N) is 3. The molecule has 0 spiro atoms. The van der Waals surface area contributed by atoms with Gasteiger partial charge in [-0.15, -0.1) is 0 Å². The standard InChI is InChI=1S/C17H16N6O2/c24-16(13-5-1-2-8-19-13)22-14-11-21-23-15(14)17(25)20-9-6-12-4-3-7-18-10-12/h1-5,7-8,10-11H,6,9H2,(H,20,25)(H,21,23)(H,22,24). The zero-order chi connectivity index (χ0) is 17.5. The Labute approximate surface area is 143 Å². The van der Waals surface area contributed by atoms with Crippen molar-refractivity contribution in [3.8, 4) is 0 Å². The number of carbonyl (C=O) groups excluding carboxylic acids is 2. The van der Waals surface area contributed by atoms with Crippen LogP contribution in [0.2, 0.25) is 0 Å². The lowest BCUT2D eigenvalue weighted by molar-refractivity contribution is 0.0950. The van der Waals surface area contributed by atoms with Crippen LogP contribution in [0.15, 0.2) is 55.1 Å². The first-order chi connectivity index (χ1) is 12.2. The Morgan fingerprint density at radius 3 is 2.76 bits per heavy atom. The lowest BCUT2D eigenvalue weighted by atomic mass is 10.2. The third kappa shape index (κ3) is 4.25. The highest BCUT2D eigenvalue weighted by atomic mass is 16.2. The fourth-order valence-electron chi connectivity index (χ4n) is 2.19. The molecule has 8 nitrogen and oxygen atoms in total. The van der Waals surface area contributed by atoms with E-state index in [1.54, 1.807) is 30.6 Å². The van der Waals surface area contributed by atoms with Gasteiger partial charge in [-0.3, -0.25) is 24.7 Å². The summed E-state index contributed by atoms with van der Waals surface area (Å²) in [4.78, 5) is 32.4. The van der Waals surface area contributed by atoms with E-state index in [4.69, 9.17) is 0 Å². The van der Waals surface area contributed by atoms with Crippen LogP contribution in [-0.4, -0.2) is 38.5 Å². The molecular formula is C17H16N6O2. The highest BCUT2D eigenvalue weighted by Crippen LogP contribution is 2.12. The fraction of sp³-hybridized carbons (Fsp3) is 0.118. The number of aromatic amines is 1. The number of aromatic nitrogens is 4. The van der Waals surface area contributed by atoms with Crippen molar-refractivity contribution in [2.45, 2.75) is 6.42 Å². The number of rotatable bonds is 6. The summed E-state index contributed by atoms with van der Waals surface area (Å²) < 4.78 is 0. The molecule has 0 fully saturated rings. The van der Waals surface area contributed by atoms with Crippen molar-refractivity contribution in [2.24, 2.45) is 0 Å². The molecule has 0 aliphatic carbocycles. The first kappa shape index (κ1) is 16.3. The minimum absolute atomic E-state index is 0.121. The molecule has 8 heteroatoms. The molecule has 0 saturated heterocycles. The summed E-state index contributed by atoms with van der Waals surface area (Å²) in [7, 11) is 0. The second-order valence-electron chi connectivity index (χ2n) is 5.18. The van der Waals surface area contributed by atoms with Crippen LogP contribution < -0.4 is 10.6 Å². The number of amides is 2. The number of hydrogen-bond acceptors (Lipinski definition) is 5. The van der Waals surface area contributed by atoms with E-state index in [2.05, 4.69) is 30.8 Å². The van der Waals surface area contributed by atoms with E-state index < -0.39 is 5.91 Å². The summed E-state index contributed by atoms with van der Waals surface area (Å²) in [5.74, 6) is -0.784. The van der Waals surface area contributed by atoms with Crippen LogP contribution in [0.25, 0.3) is 0 Å². The van der Waals surface area contributed by atoms with Gasteiger partial charge in [0, 0.05) is 31.3 Å². The van der Waals surface area contributed by atoms with E-state index in [0.29, 0.717) is 18.7 Å². The third-order valence-electron chi connectivity index (χ3n) is 3.42. The van der Waals surface area contributed by atoms with E-state index in [-0.39, 0.29) is 17.3 Å². The number of anilines is 1. The lowest BCUT2D eigenvalue weighted by Crippen LogP contribution is -2.27. The van der Waals surface area contributed by atoms with E-state index in [1.165, 1.54) is 12.4 Å². The molecule has 3 N–H and O–H groups in total. The number of carbonyl (C=O) groups is 2. The monoisotopic (exact) mass is 336 g/mol. The van der Waals surface area contributed by atoms with Crippen LogP contribution in [0.3, 0.4) is 0 Å². The van der Waals surface area contributed by atoms with Crippen LogP contribution in [0.4, 0.5) is 5.69 Å². The molecule has 0 aromatic carbocycles. The maximum Gasteiger partial charge on any atom is 0.274 e. The smallest absolute Gasteiger partial charge is 0.274 e. The normalized spacial score (nSPS) is 10.2. The molecule has 25 heavy (non-hydrogen) atoms. The van der Waals surface area contributed by atoms with Gasteiger partial charge in [-0.2, -0.15) is 5.10 Å². The summed E-state index contributed by atoms with van der Waals surface area (Å²) >= 11 is 0. The summed E-state index contributed by atoms with van der Waals surface area (Å²) in [5, 5.41) is 11.9. The number of pyridine rings is 2. The average molecular weight is 336 g/mol. The highest BCUT2D eigenvalue weighted by Gasteiger charge is 2.17. The Bertz CT molecular complexity index is 848. The zero-order valence-electron chi connectivity index (χ0n) is 13.3. The van der Waals surface area contributed by atoms with Crippen molar-refractivity contribution in [1.82, 2.24) is 25.5 Å². The van der Waals surface area contributed by atoms with E-state index in [0.717, 1.165) is 5.56 Å². The van der Waals surface area contributed by atoms with Gasteiger partial charge in [0.25, 0.3) is 11.8 Å². The van der Waals surface area contributed by atoms with Gasteiger partial charge in [0.05, 0.1) is 5.69 Å². The molecule has 3 heterocycles. The Hall–Kier alpha value is -3.55. The maximum atomic E-state index is 12.3. The molecule has 2 amide bonds. The second kappa shape index (κ2) is 7.82. The first-order valence-electron chi connectivity index (χ1n) is 7.67. The van der Waals surface area contributed by atoms with E-state index in [9.17, 15) is 9.59 Å². The minimum atomic E-state index is -0.411. The molecule has 3 aromatic heterocycles. The van der Waals surface area contributed by atoms with Crippen LogP contribution >= 0.6 is 0 Å². The molecular weight excluding hydrogens is 320 g/mol. The highest BCUT2D eigenvalue weighted by molar-refractivity contribution is 6.07. The van der Waals surface area contributed by atoms with Crippen LogP contribution in [0.1, 0.15) is 26.5 Å². The van der Waals surface area contributed by atoms with Crippen molar-refractivity contribution in [3.63, 3.8) is 0 Å². The Kier molecular flexibility index (Phi) is 5.10. The molecule has 0 radical (unpaired) electrons. The van der Waals surface area contributed by atoms with Crippen molar-refractivity contribution in [1.29, 1.82) is 0 Å². The molecule has 0 unspecified atom stereocenters. The van der Waals surface area contributed by atoms with Crippen LogP contribution in [0.5, 0.6) is 0 Å². The van der Waals surface area contributed by atoms with Gasteiger partial charge in [-0.05, 0) is 30.2 Å². The quantitative estimate of drug-likeness (QED) is 0.630. The van der Waals surface area contributed by atoms with Gasteiger partial charge in [0.15, 0.2) is 5.69 Å². The summed E-state index contributed by atoms with van der Waals surface area (Å²) in [5.41, 5.74) is 1.70. The van der Waals surface area contributed by atoms with Gasteiger partial charge in [0.2, 0.25) is 0 Å². The Morgan fingerprint density at radius 2 is 2.00 bits per heavy atom. The summed E-state index contributed by atoms with van der Waals surface area (Å²) in [6.07, 6.45) is 7.08. The topological polar surface area (TPSA) is 113 Å². The van der Waals surface area contributed by atoms with E-state index >= 15 is 0 Å². The van der Waals surface area contributed by atoms with Gasteiger partial charge in [-0.25, -0.2) is 0 Å². The molecule has 0 aliphatic heterocycles. The molecule has 0 aliphatic rings. The number of nitrogens with one attached hydrogen (secondary N) is 3. The zero-order valence-corrected chi connectivity index (χ0v) is 13.3. The number of H-pyrrole nitrogens is 1. The van der Waals surface area contributed by atoms with Gasteiger partial charge in [0.1, 0.15) is 5.69 Å². The molecule has 126 valence electrons. The summed E-state index contributed by atoms with van der Waals surface area (Å²) in [6.45, 7) is 0.436. The van der Waals surface area contributed by atoms with Crippen molar-refractivity contribution in [3.05, 3.63) is 72.1 Å².